The molecule has 1 unspecified atom stereocenters. The minimum absolute atomic E-state index is 0.198. The predicted molar refractivity (Wildman–Crippen MR) is 79.7 cm³/mol. The van der Waals surface area contributed by atoms with Gasteiger partial charge in [-0.1, -0.05) is 30.3 Å². The van der Waals surface area contributed by atoms with E-state index in [0.29, 0.717) is 5.69 Å². The van der Waals surface area contributed by atoms with E-state index in [1.54, 1.807) is 12.3 Å². The first-order valence-corrected chi connectivity index (χ1v) is 7.12. The fourth-order valence-electron chi connectivity index (χ4n) is 2.59. The highest BCUT2D eigenvalue weighted by atomic mass is 16.5. The van der Waals surface area contributed by atoms with Gasteiger partial charge < -0.3 is 4.74 Å². The first kappa shape index (κ1) is 13.6. The molecule has 4 nitrogen and oxygen atoms in total. The van der Waals surface area contributed by atoms with Gasteiger partial charge in [0.1, 0.15) is 23.6 Å². The highest BCUT2D eigenvalue weighted by Crippen LogP contribution is 2.19. The van der Waals surface area contributed by atoms with Crippen LogP contribution in [0.4, 0.5) is 0 Å². The lowest BCUT2D eigenvalue weighted by atomic mass is 10.2. The summed E-state index contributed by atoms with van der Waals surface area (Å²) >= 11 is 0. The maximum Gasteiger partial charge on any atom is 0.140 e. The van der Waals surface area contributed by atoms with Crippen LogP contribution in [0.25, 0.3) is 0 Å². The number of nitrogens with zero attached hydrogens (tertiary/aromatic N) is 3. The Morgan fingerprint density at radius 1 is 1.24 bits per heavy atom. The van der Waals surface area contributed by atoms with Crippen molar-refractivity contribution in [1.82, 2.24) is 9.88 Å². The van der Waals surface area contributed by atoms with Crippen molar-refractivity contribution in [3.8, 4) is 11.8 Å². The SMILES string of the molecule is N#Cc1ccc(OC2CCN(Cc3ccccc3)C2)cn1. The Morgan fingerprint density at radius 2 is 2.10 bits per heavy atom. The molecule has 0 spiro atoms. The molecule has 1 saturated heterocycles. The first-order valence-electron chi connectivity index (χ1n) is 7.12. The summed E-state index contributed by atoms with van der Waals surface area (Å²) in [4.78, 5) is 6.43. The Kier molecular flexibility index (Phi) is 4.13. The highest BCUT2D eigenvalue weighted by molar-refractivity contribution is 5.26. The fourth-order valence-corrected chi connectivity index (χ4v) is 2.59. The zero-order valence-corrected chi connectivity index (χ0v) is 11.8. The van der Waals surface area contributed by atoms with E-state index >= 15 is 0 Å². The lowest BCUT2D eigenvalue weighted by Gasteiger charge is -2.16. The minimum atomic E-state index is 0.198. The molecule has 0 N–H and O–H groups in total. The van der Waals surface area contributed by atoms with Crippen molar-refractivity contribution in [3.05, 3.63) is 59.9 Å². The zero-order valence-electron chi connectivity index (χ0n) is 11.8. The van der Waals surface area contributed by atoms with E-state index < -0.39 is 0 Å². The van der Waals surface area contributed by atoms with E-state index in [9.17, 15) is 0 Å². The van der Waals surface area contributed by atoms with Crippen molar-refractivity contribution in [2.75, 3.05) is 13.1 Å². The summed E-state index contributed by atoms with van der Waals surface area (Å²) in [6.45, 7) is 2.94. The summed E-state index contributed by atoms with van der Waals surface area (Å²) in [5.74, 6) is 0.737. The quantitative estimate of drug-likeness (QED) is 0.863. The van der Waals surface area contributed by atoms with E-state index in [2.05, 4.69) is 34.1 Å². The van der Waals surface area contributed by atoms with Crippen LogP contribution in [0, 0.1) is 11.3 Å². The number of ether oxygens (including phenoxy) is 1. The average Bonchev–Trinajstić information content (AvgIpc) is 2.96. The molecule has 0 radical (unpaired) electrons. The van der Waals surface area contributed by atoms with Crippen molar-refractivity contribution in [3.63, 3.8) is 0 Å². The van der Waals surface area contributed by atoms with Gasteiger partial charge in [-0.3, -0.25) is 4.90 Å². The Labute approximate surface area is 124 Å². The Morgan fingerprint density at radius 3 is 2.81 bits per heavy atom. The number of likely N-dealkylation sites (tertiary alicyclic amines) is 1. The van der Waals surface area contributed by atoms with Crippen molar-refractivity contribution in [1.29, 1.82) is 5.26 Å². The Balaban J connectivity index is 1.53. The van der Waals surface area contributed by atoms with Crippen molar-refractivity contribution >= 4 is 0 Å². The number of aromatic nitrogens is 1. The minimum Gasteiger partial charge on any atom is -0.487 e. The van der Waals surface area contributed by atoms with Crippen LogP contribution in [-0.2, 0) is 6.54 Å². The van der Waals surface area contributed by atoms with E-state index in [0.717, 1.165) is 31.8 Å². The summed E-state index contributed by atoms with van der Waals surface area (Å²) in [5.41, 5.74) is 1.75. The molecule has 4 heteroatoms. The third-order valence-corrected chi connectivity index (χ3v) is 3.63. The molecule has 3 rings (SSSR count). The third-order valence-electron chi connectivity index (χ3n) is 3.63. The van der Waals surface area contributed by atoms with Crippen LogP contribution in [0.1, 0.15) is 17.7 Å². The number of hydrogen-bond donors (Lipinski definition) is 0. The topological polar surface area (TPSA) is 49.1 Å². The first-order chi connectivity index (χ1) is 10.3. The van der Waals surface area contributed by atoms with Crippen molar-refractivity contribution < 1.29 is 4.74 Å². The second kappa shape index (κ2) is 6.38. The molecule has 1 atom stereocenters. The highest BCUT2D eigenvalue weighted by Gasteiger charge is 2.23. The van der Waals surface area contributed by atoms with Gasteiger partial charge >= 0.3 is 0 Å². The van der Waals surface area contributed by atoms with Gasteiger partial charge in [0.25, 0.3) is 0 Å². The summed E-state index contributed by atoms with van der Waals surface area (Å²) in [5, 5.41) is 8.73. The lowest BCUT2D eigenvalue weighted by molar-refractivity contribution is 0.197. The molecule has 2 heterocycles. The lowest BCUT2D eigenvalue weighted by Crippen LogP contribution is -2.24. The average molecular weight is 279 g/mol. The molecule has 0 amide bonds. The summed E-state index contributed by atoms with van der Waals surface area (Å²) in [6, 6.07) is 16.0. The number of pyridine rings is 1. The smallest absolute Gasteiger partial charge is 0.140 e. The molecular formula is C17H17N3O. The van der Waals surface area contributed by atoms with Gasteiger partial charge in [0.15, 0.2) is 0 Å². The maximum atomic E-state index is 8.73. The molecular weight excluding hydrogens is 262 g/mol. The van der Waals surface area contributed by atoms with Crippen LogP contribution >= 0.6 is 0 Å². The Hall–Kier alpha value is -2.38. The van der Waals surface area contributed by atoms with Gasteiger partial charge in [0.2, 0.25) is 0 Å². The van der Waals surface area contributed by atoms with Crippen LogP contribution in [0.2, 0.25) is 0 Å². The standard InChI is InChI=1S/C17H17N3O/c18-10-15-6-7-16(11-19-15)21-17-8-9-20(13-17)12-14-4-2-1-3-5-14/h1-7,11,17H,8-9,12-13H2. The molecule has 21 heavy (non-hydrogen) atoms. The van der Waals surface area contributed by atoms with Crippen LogP contribution in [0.15, 0.2) is 48.7 Å². The zero-order chi connectivity index (χ0) is 14.5. The van der Waals surface area contributed by atoms with Crippen LogP contribution in [0.3, 0.4) is 0 Å². The Bertz CT molecular complexity index is 619. The summed E-state index contributed by atoms with van der Waals surface area (Å²) in [6.07, 6.45) is 2.84. The molecule has 0 saturated carbocycles. The number of hydrogen-bond acceptors (Lipinski definition) is 4. The van der Waals surface area contributed by atoms with Gasteiger partial charge in [0, 0.05) is 19.6 Å². The van der Waals surface area contributed by atoms with E-state index in [-0.39, 0.29) is 6.10 Å². The molecule has 1 aliphatic heterocycles. The third kappa shape index (κ3) is 3.59. The molecule has 0 bridgehead atoms. The second-order valence-corrected chi connectivity index (χ2v) is 5.24. The normalized spacial score (nSPS) is 18.3. The van der Waals surface area contributed by atoms with Gasteiger partial charge in [-0.05, 0) is 24.1 Å². The second-order valence-electron chi connectivity index (χ2n) is 5.24. The number of nitriles is 1. The van der Waals surface area contributed by atoms with Crippen LogP contribution in [0.5, 0.6) is 5.75 Å². The van der Waals surface area contributed by atoms with Crippen LogP contribution in [-0.4, -0.2) is 29.1 Å². The number of rotatable bonds is 4. The summed E-state index contributed by atoms with van der Waals surface area (Å²) in [7, 11) is 0. The molecule has 0 aliphatic carbocycles. The van der Waals surface area contributed by atoms with Crippen LogP contribution < -0.4 is 4.74 Å². The molecule has 2 aromatic rings. The largest absolute Gasteiger partial charge is 0.487 e. The van der Waals surface area contributed by atoms with Crippen molar-refractivity contribution in [2.24, 2.45) is 0 Å². The number of benzene rings is 1. The van der Waals surface area contributed by atoms with Gasteiger partial charge in [0.05, 0.1) is 6.20 Å². The van der Waals surface area contributed by atoms with Gasteiger partial charge in [-0.25, -0.2) is 4.98 Å². The molecule has 1 aromatic heterocycles. The van der Waals surface area contributed by atoms with Gasteiger partial charge in [-0.2, -0.15) is 5.26 Å². The molecule has 1 fully saturated rings. The van der Waals surface area contributed by atoms with E-state index in [1.165, 1.54) is 5.56 Å². The molecule has 1 aliphatic rings. The monoisotopic (exact) mass is 279 g/mol. The predicted octanol–water partition coefficient (Wildman–Crippen LogP) is 2.61. The van der Waals surface area contributed by atoms with E-state index in [4.69, 9.17) is 10.00 Å². The van der Waals surface area contributed by atoms with Gasteiger partial charge in [-0.15, -0.1) is 0 Å². The van der Waals surface area contributed by atoms with E-state index in [1.807, 2.05) is 18.2 Å². The molecule has 106 valence electrons. The maximum absolute atomic E-state index is 8.73. The van der Waals surface area contributed by atoms with Crippen molar-refractivity contribution in [2.45, 2.75) is 19.1 Å². The molecule has 1 aromatic carbocycles. The fraction of sp³-hybridized carbons (Fsp3) is 0.294. The summed E-state index contributed by atoms with van der Waals surface area (Å²) < 4.78 is 5.93.